The Bertz CT molecular complexity index is 1250. The van der Waals surface area contributed by atoms with E-state index in [1.54, 1.807) is 19.9 Å². The fourth-order valence-electron chi connectivity index (χ4n) is 5.23. The van der Waals surface area contributed by atoms with Crippen LogP contribution in [0.25, 0.3) is 10.9 Å². The molecule has 0 saturated carbocycles. The predicted molar refractivity (Wildman–Crippen MR) is 137 cm³/mol. The maximum atomic E-state index is 15.6. The minimum atomic E-state index is -2.35. The van der Waals surface area contributed by atoms with Crippen LogP contribution in [-0.2, 0) is 11.2 Å². The minimum Gasteiger partial charge on any atom is -0.492 e. The largest absolute Gasteiger partial charge is 0.492 e. The van der Waals surface area contributed by atoms with E-state index in [4.69, 9.17) is 4.74 Å². The number of alkyl halides is 2. The third-order valence-corrected chi connectivity index (χ3v) is 7.18. The molecule has 0 amide bonds. The second-order valence-electron chi connectivity index (χ2n) is 9.82. The smallest absolute Gasteiger partial charge is 0.307 e. The first kappa shape index (κ1) is 27.0. The van der Waals surface area contributed by atoms with Gasteiger partial charge in [-0.2, -0.15) is 0 Å². The van der Waals surface area contributed by atoms with Crippen molar-refractivity contribution in [2.75, 3.05) is 26.2 Å². The molecule has 0 saturated heterocycles. The van der Waals surface area contributed by atoms with Gasteiger partial charge < -0.3 is 20.1 Å². The molecule has 2 heterocycles. The summed E-state index contributed by atoms with van der Waals surface area (Å²) >= 11 is 0. The molecule has 1 aliphatic heterocycles. The van der Waals surface area contributed by atoms with Crippen LogP contribution in [0.3, 0.4) is 0 Å². The third-order valence-electron chi connectivity index (χ3n) is 7.18. The second kappa shape index (κ2) is 11.6. The van der Waals surface area contributed by atoms with Crippen LogP contribution in [0, 0.1) is 18.7 Å². The van der Waals surface area contributed by atoms with E-state index in [0.29, 0.717) is 29.8 Å². The first-order chi connectivity index (χ1) is 17.7. The van der Waals surface area contributed by atoms with Gasteiger partial charge in [0.25, 0.3) is 0 Å². The van der Waals surface area contributed by atoms with E-state index in [2.05, 4.69) is 15.2 Å². The van der Waals surface area contributed by atoms with Gasteiger partial charge in [0.05, 0.1) is 12.0 Å². The molecule has 3 atom stereocenters. The highest BCUT2D eigenvalue weighted by molar-refractivity contribution is 5.85. The number of nitrogens with zero attached hydrogens (tertiary/aromatic N) is 1. The predicted octanol–water partition coefficient (Wildman–Crippen LogP) is 5.30. The number of hydrogen-bond donors (Lipinski definition) is 3. The quantitative estimate of drug-likeness (QED) is 0.301. The van der Waals surface area contributed by atoms with Crippen molar-refractivity contribution in [1.82, 2.24) is 15.2 Å². The van der Waals surface area contributed by atoms with Crippen LogP contribution < -0.4 is 10.1 Å². The Labute approximate surface area is 214 Å². The van der Waals surface area contributed by atoms with E-state index in [1.807, 2.05) is 31.2 Å². The molecule has 0 radical (unpaired) electrons. The molecule has 9 heteroatoms. The number of aromatic amines is 1. The number of aromatic nitrogens is 1. The standard InChI is InChI=1S/C28H34F3N3O3/c1-16(28(35)36)15-34-17(2)14-20-19-6-4-5-7-22(19)33-26(20)27(34)25-18(3)23(9-8-21(25)29)37-13-12-32-11-10-24(30)31/h4-9,16-17,24,27,32-33H,10-15H2,1-3H3,(H,35,36)/t16?,17-,27-/m1/s1. The Morgan fingerprint density at radius 3 is 2.73 bits per heavy atom. The van der Waals surface area contributed by atoms with Gasteiger partial charge in [-0.25, -0.2) is 13.2 Å². The number of halogens is 3. The van der Waals surface area contributed by atoms with Crippen LogP contribution in [0.2, 0.25) is 0 Å². The number of rotatable bonds is 11. The van der Waals surface area contributed by atoms with E-state index >= 15 is 4.39 Å². The molecule has 1 aliphatic rings. The van der Waals surface area contributed by atoms with Gasteiger partial charge in [-0.05, 0) is 49.6 Å². The molecule has 4 rings (SSSR count). The van der Waals surface area contributed by atoms with Crippen LogP contribution in [-0.4, -0.2) is 59.7 Å². The molecular formula is C28H34F3N3O3. The number of hydrogen-bond acceptors (Lipinski definition) is 4. The van der Waals surface area contributed by atoms with Crippen molar-refractivity contribution < 1.29 is 27.8 Å². The number of H-pyrrole nitrogens is 1. The highest BCUT2D eigenvalue weighted by atomic mass is 19.3. The number of aliphatic carboxylic acids is 1. The Morgan fingerprint density at radius 2 is 2.00 bits per heavy atom. The lowest BCUT2D eigenvalue weighted by atomic mass is 9.86. The van der Waals surface area contributed by atoms with Crippen molar-refractivity contribution in [1.29, 1.82) is 0 Å². The lowest BCUT2D eigenvalue weighted by Crippen LogP contribution is -2.46. The summed E-state index contributed by atoms with van der Waals surface area (Å²) in [6.07, 6.45) is -1.87. The summed E-state index contributed by atoms with van der Waals surface area (Å²) in [4.78, 5) is 17.3. The monoisotopic (exact) mass is 517 g/mol. The van der Waals surface area contributed by atoms with Crippen molar-refractivity contribution in [3.63, 3.8) is 0 Å². The summed E-state index contributed by atoms with van der Waals surface area (Å²) in [6.45, 7) is 6.59. The zero-order chi connectivity index (χ0) is 26.7. The number of benzene rings is 2. The van der Waals surface area contributed by atoms with Gasteiger partial charge in [0.15, 0.2) is 0 Å². The summed E-state index contributed by atoms with van der Waals surface area (Å²) < 4.78 is 46.2. The van der Waals surface area contributed by atoms with Crippen molar-refractivity contribution >= 4 is 16.9 Å². The van der Waals surface area contributed by atoms with Gasteiger partial charge >= 0.3 is 5.97 Å². The highest BCUT2D eigenvalue weighted by Crippen LogP contribution is 2.44. The number of para-hydroxylation sites is 1. The zero-order valence-corrected chi connectivity index (χ0v) is 21.4. The third kappa shape index (κ3) is 5.78. The minimum absolute atomic E-state index is 0.0269. The summed E-state index contributed by atoms with van der Waals surface area (Å²) in [5.41, 5.74) is 4.01. The molecule has 37 heavy (non-hydrogen) atoms. The fraction of sp³-hybridized carbons (Fsp3) is 0.464. The van der Waals surface area contributed by atoms with Gasteiger partial charge in [-0.1, -0.05) is 25.1 Å². The first-order valence-electron chi connectivity index (χ1n) is 12.7. The van der Waals surface area contributed by atoms with Crippen molar-refractivity contribution in [3.8, 4) is 5.75 Å². The fourth-order valence-corrected chi connectivity index (χ4v) is 5.23. The van der Waals surface area contributed by atoms with E-state index in [9.17, 15) is 18.7 Å². The van der Waals surface area contributed by atoms with Crippen molar-refractivity contribution in [2.45, 2.75) is 52.1 Å². The molecule has 2 aromatic carbocycles. The van der Waals surface area contributed by atoms with Crippen molar-refractivity contribution in [2.24, 2.45) is 5.92 Å². The van der Waals surface area contributed by atoms with Gasteiger partial charge in [0.2, 0.25) is 6.43 Å². The number of carbonyl (C=O) groups is 1. The van der Waals surface area contributed by atoms with Crippen molar-refractivity contribution in [3.05, 3.63) is 64.6 Å². The number of ether oxygens (including phenoxy) is 1. The van der Waals surface area contributed by atoms with Crippen LogP contribution in [0.5, 0.6) is 5.75 Å². The molecule has 0 aliphatic carbocycles. The van der Waals surface area contributed by atoms with Gasteiger partial charge in [-0.15, -0.1) is 0 Å². The molecule has 0 bridgehead atoms. The highest BCUT2D eigenvalue weighted by Gasteiger charge is 2.39. The average Bonchev–Trinajstić information content (AvgIpc) is 3.21. The van der Waals surface area contributed by atoms with E-state index in [1.165, 1.54) is 6.07 Å². The zero-order valence-electron chi connectivity index (χ0n) is 21.4. The Morgan fingerprint density at radius 1 is 1.24 bits per heavy atom. The van der Waals surface area contributed by atoms with E-state index in [-0.39, 0.29) is 32.2 Å². The molecule has 200 valence electrons. The maximum Gasteiger partial charge on any atom is 0.307 e. The molecule has 0 spiro atoms. The maximum absolute atomic E-state index is 15.6. The second-order valence-corrected chi connectivity index (χ2v) is 9.82. The Kier molecular flexibility index (Phi) is 8.44. The number of carboxylic acids is 1. The lowest BCUT2D eigenvalue weighted by Gasteiger charge is -2.42. The van der Waals surface area contributed by atoms with Gasteiger partial charge in [0.1, 0.15) is 18.2 Å². The number of carboxylic acid groups (broad SMARTS) is 1. The molecule has 1 aromatic heterocycles. The van der Waals surface area contributed by atoms with Crippen LogP contribution in [0.15, 0.2) is 36.4 Å². The summed E-state index contributed by atoms with van der Waals surface area (Å²) in [5, 5.41) is 13.6. The number of fused-ring (bicyclic) bond motifs is 3. The molecule has 1 unspecified atom stereocenters. The first-order valence-corrected chi connectivity index (χ1v) is 12.7. The Hall–Kier alpha value is -3.04. The van der Waals surface area contributed by atoms with Crippen LogP contribution in [0.4, 0.5) is 13.2 Å². The topological polar surface area (TPSA) is 77.6 Å². The summed E-state index contributed by atoms with van der Waals surface area (Å²) in [6, 6.07) is 10.4. The molecule has 3 aromatic rings. The van der Waals surface area contributed by atoms with E-state index < -0.39 is 30.2 Å². The van der Waals surface area contributed by atoms with Crippen LogP contribution >= 0.6 is 0 Å². The summed E-state index contributed by atoms with van der Waals surface area (Å²) in [5.74, 6) is -1.43. The molecule has 3 N–H and O–H groups in total. The molecule has 6 nitrogen and oxygen atoms in total. The van der Waals surface area contributed by atoms with Crippen LogP contribution in [0.1, 0.15) is 48.7 Å². The lowest BCUT2D eigenvalue weighted by molar-refractivity contribution is -0.142. The normalized spacial score (nSPS) is 18.8. The van der Waals surface area contributed by atoms with E-state index in [0.717, 1.165) is 22.2 Å². The van der Waals surface area contributed by atoms with Gasteiger partial charge in [-0.3, -0.25) is 9.69 Å². The molecule has 0 fully saturated rings. The number of nitrogens with one attached hydrogen (secondary N) is 2. The Balaban J connectivity index is 1.71. The molecular weight excluding hydrogens is 483 g/mol. The average molecular weight is 518 g/mol. The van der Waals surface area contributed by atoms with Gasteiger partial charge in [0, 0.05) is 54.3 Å². The summed E-state index contributed by atoms with van der Waals surface area (Å²) in [7, 11) is 0. The SMILES string of the molecule is Cc1c(OCCNCCC(F)F)ccc(F)c1[C@@H]1c2[nH]c3ccccc3c2C[C@@H](C)N1CC(C)C(=O)O.